The van der Waals surface area contributed by atoms with Gasteiger partial charge < -0.3 is 15.1 Å². The number of furan rings is 1. The summed E-state index contributed by atoms with van der Waals surface area (Å²) in [4.78, 5) is 14.8. The molecule has 2 aromatic rings. The van der Waals surface area contributed by atoms with Gasteiger partial charge in [-0.2, -0.15) is 0 Å². The van der Waals surface area contributed by atoms with E-state index in [0.29, 0.717) is 12.1 Å². The first-order valence-electron chi connectivity index (χ1n) is 7.85. The summed E-state index contributed by atoms with van der Waals surface area (Å²) >= 11 is 0. The van der Waals surface area contributed by atoms with Crippen molar-refractivity contribution in [2.75, 3.05) is 6.54 Å². The molecule has 2 N–H and O–H groups in total. The highest BCUT2D eigenvalue weighted by molar-refractivity contribution is 5.94. The maximum Gasteiger partial charge on any atom is 0.254 e. The molecule has 0 aliphatic carbocycles. The average Bonchev–Trinajstić information content (AvgIpc) is 3.00. The molecule has 0 spiro atoms. The van der Waals surface area contributed by atoms with E-state index in [0.717, 1.165) is 42.9 Å². The van der Waals surface area contributed by atoms with E-state index in [1.54, 1.807) is 0 Å². The Morgan fingerprint density at radius 2 is 2.00 bits per heavy atom. The SMILES string of the molecule is Cc1ccc(C2CCCCN2C(=O)c2ccc(CN)cc2)o1. The van der Waals surface area contributed by atoms with Crippen molar-refractivity contribution < 1.29 is 9.21 Å². The number of amides is 1. The number of carbonyl (C=O) groups excluding carboxylic acids is 1. The van der Waals surface area contributed by atoms with Crippen LogP contribution in [-0.2, 0) is 6.54 Å². The summed E-state index contributed by atoms with van der Waals surface area (Å²) < 4.78 is 5.77. The Labute approximate surface area is 130 Å². The van der Waals surface area contributed by atoms with Crippen molar-refractivity contribution in [1.82, 2.24) is 4.90 Å². The Balaban J connectivity index is 1.84. The predicted molar refractivity (Wildman–Crippen MR) is 85.4 cm³/mol. The van der Waals surface area contributed by atoms with Crippen LogP contribution in [0.4, 0.5) is 0 Å². The van der Waals surface area contributed by atoms with Crippen LogP contribution < -0.4 is 5.73 Å². The van der Waals surface area contributed by atoms with Gasteiger partial charge in [-0.3, -0.25) is 4.79 Å². The van der Waals surface area contributed by atoms with E-state index >= 15 is 0 Å². The molecule has 4 nitrogen and oxygen atoms in total. The molecular formula is C18H22N2O2. The Kier molecular flexibility index (Phi) is 4.29. The minimum atomic E-state index is 0.0455. The maximum atomic E-state index is 12.8. The van der Waals surface area contributed by atoms with Crippen molar-refractivity contribution in [2.24, 2.45) is 5.73 Å². The number of nitrogens with two attached hydrogens (primary N) is 1. The Morgan fingerprint density at radius 1 is 1.23 bits per heavy atom. The molecule has 0 radical (unpaired) electrons. The Bertz CT molecular complexity index is 645. The molecule has 1 fully saturated rings. The number of piperidine rings is 1. The van der Waals surface area contributed by atoms with Crippen LogP contribution in [0.5, 0.6) is 0 Å². The van der Waals surface area contributed by atoms with Gasteiger partial charge in [-0.05, 0) is 56.0 Å². The number of hydrogen-bond donors (Lipinski definition) is 1. The first-order chi connectivity index (χ1) is 10.7. The molecule has 3 rings (SSSR count). The van der Waals surface area contributed by atoms with Crippen LogP contribution in [0, 0.1) is 6.92 Å². The van der Waals surface area contributed by atoms with Gasteiger partial charge in [0.15, 0.2) is 0 Å². The monoisotopic (exact) mass is 298 g/mol. The van der Waals surface area contributed by atoms with Crippen molar-refractivity contribution in [3.05, 3.63) is 59.0 Å². The van der Waals surface area contributed by atoms with Gasteiger partial charge in [0.05, 0.1) is 6.04 Å². The topological polar surface area (TPSA) is 59.5 Å². The molecule has 1 saturated heterocycles. The summed E-state index contributed by atoms with van der Waals surface area (Å²) in [6, 6.07) is 11.6. The average molecular weight is 298 g/mol. The van der Waals surface area contributed by atoms with Gasteiger partial charge >= 0.3 is 0 Å². The van der Waals surface area contributed by atoms with E-state index < -0.39 is 0 Å². The Hall–Kier alpha value is -2.07. The first kappa shape index (κ1) is 14.9. The fourth-order valence-corrected chi connectivity index (χ4v) is 3.05. The number of benzene rings is 1. The lowest BCUT2D eigenvalue weighted by Gasteiger charge is -2.34. The summed E-state index contributed by atoms with van der Waals surface area (Å²) in [5, 5.41) is 0. The van der Waals surface area contributed by atoms with Crippen LogP contribution in [0.25, 0.3) is 0 Å². The number of rotatable bonds is 3. The van der Waals surface area contributed by atoms with Gasteiger partial charge in [-0.1, -0.05) is 12.1 Å². The highest BCUT2D eigenvalue weighted by Crippen LogP contribution is 2.33. The molecule has 2 heterocycles. The molecule has 1 aliphatic rings. The zero-order valence-corrected chi connectivity index (χ0v) is 12.9. The molecule has 1 aromatic carbocycles. The smallest absolute Gasteiger partial charge is 0.254 e. The first-order valence-corrected chi connectivity index (χ1v) is 7.85. The summed E-state index contributed by atoms with van der Waals surface area (Å²) in [7, 11) is 0. The zero-order chi connectivity index (χ0) is 15.5. The molecular weight excluding hydrogens is 276 g/mol. The minimum absolute atomic E-state index is 0.0455. The molecule has 1 atom stereocenters. The highest BCUT2D eigenvalue weighted by Gasteiger charge is 2.30. The van der Waals surface area contributed by atoms with Crippen molar-refractivity contribution in [1.29, 1.82) is 0 Å². The number of aryl methyl sites for hydroxylation is 1. The molecule has 116 valence electrons. The van der Waals surface area contributed by atoms with Gasteiger partial charge in [0.25, 0.3) is 5.91 Å². The van der Waals surface area contributed by atoms with Crippen LogP contribution in [0.1, 0.15) is 52.7 Å². The Morgan fingerprint density at radius 3 is 2.64 bits per heavy atom. The van der Waals surface area contributed by atoms with E-state index in [4.69, 9.17) is 10.2 Å². The van der Waals surface area contributed by atoms with Crippen LogP contribution in [0.15, 0.2) is 40.8 Å². The van der Waals surface area contributed by atoms with Crippen LogP contribution in [-0.4, -0.2) is 17.4 Å². The minimum Gasteiger partial charge on any atom is -0.464 e. The van der Waals surface area contributed by atoms with E-state index in [1.807, 2.05) is 48.2 Å². The largest absolute Gasteiger partial charge is 0.464 e. The lowest BCUT2D eigenvalue weighted by molar-refractivity contribution is 0.0579. The molecule has 0 bridgehead atoms. The molecule has 1 unspecified atom stereocenters. The van der Waals surface area contributed by atoms with E-state index in [9.17, 15) is 4.79 Å². The second kappa shape index (κ2) is 6.36. The molecule has 22 heavy (non-hydrogen) atoms. The fraction of sp³-hybridized carbons (Fsp3) is 0.389. The molecule has 0 saturated carbocycles. The van der Waals surface area contributed by atoms with Crippen LogP contribution >= 0.6 is 0 Å². The van der Waals surface area contributed by atoms with E-state index in [1.165, 1.54) is 0 Å². The summed E-state index contributed by atoms with van der Waals surface area (Å²) in [5.41, 5.74) is 7.36. The van der Waals surface area contributed by atoms with Gasteiger partial charge in [-0.15, -0.1) is 0 Å². The lowest BCUT2D eigenvalue weighted by Crippen LogP contribution is -2.38. The zero-order valence-electron chi connectivity index (χ0n) is 12.9. The summed E-state index contributed by atoms with van der Waals surface area (Å²) in [5.74, 6) is 1.85. The van der Waals surface area contributed by atoms with Gasteiger partial charge in [0.2, 0.25) is 0 Å². The summed E-state index contributed by atoms with van der Waals surface area (Å²) in [6.07, 6.45) is 3.13. The number of hydrogen-bond acceptors (Lipinski definition) is 3. The number of likely N-dealkylation sites (tertiary alicyclic amines) is 1. The molecule has 1 aromatic heterocycles. The van der Waals surface area contributed by atoms with Crippen molar-refractivity contribution in [2.45, 2.75) is 38.8 Å². The third-order valence-electron chi connectivity index (χ3n) is 4.29. The third kappa shape index (κ3) is 2.92. The van der Waals surface area contributed by atoms with Crippen molar-refractivity contribution >= 4 is 5.91 Å². The standard InChI is InChI=1S/C18H22N2O2/c1-13-5-10-17(22-13)16-4-2-3-11-20(16)18(21)15-8-6-14(12-19)7-9-15/h5-10,16H,2-4,11-12,19H2,1H3. The maximum absolute atomic E-state index is 12.8. The number of carbonyl (C=O) groups is 1. The van der Waals surface area contributed by atoms with E-state index in [2.05, 4.69) is 0 Å². The summed E-state index contributed by atoms with van der Waals surface area (Å²) in [6.45, 7) is 3.21. The quantitative estimate of drug-likeness (QED) is 0.944. The molecule has 1 amide bonds. The van der Waals surface area contributed by atoms with Gasteiger partial charge in [0, 0.05) is 18.7 Å². The predicted octanol–water partition coefficient (Wildman–Crippen LogP) is 3.41. The van der Waals surface area contributed by atoms with E-state index in [-0.39, 0.29) is 11.9 Å². The van der Waals surface area contributed by atoms with Crippen molar-refractivity contribution in [3.8, 4) is 0 Å². The van der Waals surface area contributed by atoms with Crippen molar-refractivity contribution in [3.63, 3.8) is 0 Å². The number of nitrogens with zero attached hydrogens (tertiary/aromatic N) is 1. The lowest BCUT2D eigenvalue weighted by atomic mass is 9.98. The van der Waals surface area contributed by atoms with Crippen LogP contribution in [0.3, 0.4) is 0 Å². The fourth-order valence-electron chi connectivity index (χ4n) is 3.05. The second-order valence-corrected chi connectivity index (χ2v) is 5.86. The second-order valence-electron chi connectivity index (χ2n) is 5.86. The molecule has 4 heteroatoms. The van der Waals surface area contributed by atoms with Gasteiger partial charge in [0.1, 0.15) is 11.5 Å². The normalized spacial score (nSPS) is 18.5. The highest BCUT2D eigenvalue weighted by atomic mass is 16.3. The van der Waals surface area contributed by atoms with Crippen LogP contribution in [0.2, 0.25) is 0 Å². The van der Waals surface area contributed by atoms with Gasteiger partial charge in [-0.25, -0.2) is 0 Å². The third-order valence-corrected chi connectivity index (χ3v) is 4.29. The molecule has 1 aliphatic heterocycles.